The molecular formula is C24H25N5OS2. The largest absolute Gasteiger partial charge is 0.615 e. The molecule has 0 spiro atoms. The summed E-state index contributed by atoms with van der Waals surface area (Å²) in [6.45, 7) is 0. The van der Waals surface area contributed by atoms with E-state index in [9.17, 15) is 9.81 Å². The van der Waals surface area contributed by atoms with E-state index in [-0.39, 0.29) is 5.25 Å². The first kappa shape index (κ1) is 21.5. The quantitative estimate of drug-likeness (QED) is 0.391. The molecule has 0 N–H and O–H groups in total. The number of nitrogens with zero attached hydrogens (tertiary/aromatic N) is 5. The summed E-state index contributed by atoms with van der Waals surface area (Å²) < 4.78 is 14.4. The first-order valence-electron chi connectivity index (χ1n) is 11.1. The first-order chi connectivity index (χ1) is 15.6. The summed E-state index contributed by atoms with van der Waals surface area (Å²) in [6.07, 6.45) is 11.3. The van der Waals surface area contributed by atoms with Gasteiger partial charge in [-0.2, -0.15) is 10.4 Å². The van der Waals surface area contributed by atoms with Gasteiger partial charge >= 0.3 is 0 Å². The molecule has 8 heteroatoms. The van der Waals surface area contributed by atoms with Crippen LogP contribution in [-0.2, 0) is 31.1 Å². The summed E-state index contributed by atoms with van der Waals surface area (Å²) in [6, 6.07) is 8.42. The molecule has 1 saturated carbocycles. The number of fused-ring (bicyclic) bond motifs is 1. The van der Waals surface area contributed by atoms with Gasteiger partial charge in [0.1, 0.15) is 16.3 Å². The molecule has 0 aliphatic heterocycles. The average Bonchev–Trinajstić information content (AvgIpc) is 3.21. The number of aryl methyl sites for hydroxylation is 3. The molecule has 0 bridgehead atoms. The summed E-state index contributed by atoms with van der Waals surface area (Å²) in [7, 11) is 1.87. The van der Waals surface area contributed by atoms with Crippen LogP contribution in [-0.4, -0.2) is 34.6 Å². The van der Waals surface area contributed by atoms with Crippen molar-refractivity contribution in [3.63, 3.8) is 0 Å². The van der Waals surface area contributed by atoms with E-state index in [1.54, 1.807) is 10.9 Å². The second-order valence-corrected chi connectivity index (χ2v) is 11.5. The highest BCUT2D eigenvalue weighted by atomic mass is 32.3. The number of rotatable bonds is 6. The lowest BCUT2D eigenvalue weighted by Crippen LogP contribution is -2.29. The van der Waals surface area contributed by atoms with Crippen LogP contribution in [0.25, 0.3) is 22.5 Å². The van der Waals surface area contributed by atoms with Crippen molar-refractivity contribution < 1.29 is 4.55 Å². The minimum atomic E-state index is -0.906. The Balaban J connectivity index is 1.57. The molecule has 1 atom stereocenters. The maximum absolute atomic E-state index is 12.6. The minimum Gasteiger partial charge on any atom is -0.615 e. The lowest BCUT2D eigenvalue weighted by Gasteiger charge is -2.27. The van der Waals surface area contributed by atoms with Gasteiger partial charge in [-0.3, -0.25) is 9.67 Å². The zero-order valence-electron chi connectivity index (χ0n) is 18.1. The highest BCUT2D eigenvalue weighted by molar-refractivity contribution is 8.12. The zero-order valence-corrected chi connectivity index (χ0v) is 19.7. The third-order valence-electron chi connectivity index (χ3n) is 6.40. The fraction of sp³-hybridized carbons (Fsp3) is 0.417. The molecule has 0 radical (unpaired) electrons. The summed E-state index contributed by atoms with van der Waals surface area (Å²) in [5.74, 6) is 0. The van der Waals surface area contributed by atoms with Gasteiger partial charge in [-0.25, -0.2) is 4.98 Å². The Hall–Kier alpha value is -2.34. The van der Waals surface area contributed by atoms with Crippen molar-refractivity contribution >= 4 is 22.9 Å². The molecule has 3 heterocycles. The summed E-state index contributed by atoms with van der Waals surface area (Å²) in [4.78, 5) is 9.59. The third-order valence-corrected chi connectivity index (χ3v) is 9.58. The normalized spacial score (nSPS) is 16.8. The number of pyridine rings is 2. The second kappa shape index (κ2) is 9.26. The molecule has 3 aromatic rings. The Labute approximate surface area is 195 Å². The second-order valence-electron chi connectivity index (χ2n) is 8.42. The Morgan fingerprint density at radius 3 is 2.81 bits per heavy atom. The Bertz CT molecular complexity index is 1180. The molecule has 2 aliphatic rings. The van der Waals surface area contributed by atoms with Gasteiger partial charge < -0.3 is 4.55 Å². The summed E-state index contributed by atoms with van der Waals surface area (Å²) >= 11 is 0.523. The fourth-order valence-corrected chi connectivity index (χ4v) is 7.30. The molecule has 2 aliphatic carbocycles. The van der Waals surface area contributed by atoms with Crippen molar-refractivity contribution in [2.75, 3.05) is 5.08 Å². The number of aromatic nitrogens is 4. The van der Waals surface area contributed by atoms with Crippen LogP contribution in [0.15, 0.2) is 35.6 Å². The predicted molar refractivity (Wildman–Crippen MR) is 128 cm³/mol. The lowest BCUT2D eigenvalue weighted by molar-refractivity contribution is 0.479. The van der Waals surface area contributed by atoms with Crippen molar-refractivity contribution in [2.45, 2.75) is 55.2 Å². The lowest BCUT2D eigenvalue weighted by atomic mass is 9.94. The van der Waals surface area contributed by atoms with Gasteiger partial charge in [0.25, 0.3) is 0 Å². The molecule has 1 unspecified atom stereocenters. The number of hydrogen-bond acceptors (Lipinski definition) is 6. The molecule has 0 saturated heterocycles. The molecule has 5 rings (SSSR count). The van der Waals surface area contributed by atoms with Crippen LogP contribution in [0.1, 0.15) is 48.9 Å². The highest BCUT2D eigenvalue weighted by Gasteiger charge is 2.30. The Morgan fingerprint density at radius 2 is 2.09 bits per heavy atom. The molecule has 0 amide bonds. The van der Waals surface area contributed by atoms with Crippen molar-refractivity contribution in [3.05, 3.63) is 47.4 Å². The van der Waals surface area contributed by atoms with E-state index >= 15 is 0 Å². The van der Waals surface area contributed by atoms with Gasteiger partial charge in [-0.05, 0) is 79.9 Å². The molecule has 3 aromatic heterocycles. The van der Waals surface area contributed by atoms with Crippen LogP contribution in [0.3, 0.4) is 0 Å². The van der Waals surface area contributed by atoms with Crippen LogP contribution in [0, 0.1) is 11.3 Å². The smallest absolute Gasteiger partial charge is 0.157 e. The molecule has 164 valence electrons. The fourth-order valence-electron chi connectivity index (χ4n) is 4.29. The Kier molecular flexibility index (Phi) is 6.22. The van der Waals surface area contributed by atoms with E-state index in [0.717, 1.165) is 54.6 Å². The van der Waals surface area contributed by atoms with Gasteiger partial charge in [0.2, 0.25) is 0 Å². The van der Waals surface area contributed by atoms with Gasteiger partial charge in [0.15, 0.2) is 5.08 Å². The first-order valence-corrected chi connectivity index (χ1v) is 13.4. The van der Waals surface area contributed by atoms with Gasteiger partial charge in [-0.1, -0.05) is 11.8 Å². The van der Waals surface area contributed by atoms with E-state index in [1.165, 1.54) is 35.9 Å². The number of thioether (sulfide) groups is 1. The standard InChI is InChI=1S/C24H25N5OS2/c1-29-23(9-10-27-29)19-12-22(17-11-16-5-2-3-8-21(16)26-14-17)28-24(20(19)13-25)31-15-32(30)18-6-4-7-18/h9-12,14,18H,2-8,15H2,1H3. The van der Waals surface area contributed by atoms with Crippen LogP contribution >= 0.6 is 11.8 Å². The average molecular weight is 464 g/mol. The maximum Gasteiger partial charge on any atom is 0.157 e. The molecule has 32 heavy (non-hydrogen) atoms. The van der Waals surface area contributed by atoms with Crippen molar-refractivity contribution in [1.82, 2.24) is 19.7 Å². The van der Waals surface area contributed by atoms with E-state index in [4.69, 9.17) is 9.97 Å². The summed E-state index contributed by atoms with van der Waals surface area (Å²) in [5, 5.41) is 15.7. The van der Waals surface area contributed by atoms with Crippen LogP contribution < -0.4 is 0 Å². The zero-order chi connectivity index (χ0) is 22.1. The van der Waals surface area contributed by atoms with Crippen molar-refractivity contribution in [1.29, 1.82) is 5.26 Å². The Morgan fingerprint density at radius 1 is 1.25 bits per heavy atom. The van der Waals surface area contributed by atoms with Crippen molar-refractivity contribution in [2.24, 2.45) is 7.05 Å². The van der Waals surface area contributed by atoms with Crippen LogP contribution in [0.4, 0.5) is 0 Å². The van der Waals surface area contributed by atoms with E-state index in [1.807, 2.05) is 25.4 Å². The predicted octanol–water partition coefficient (Wildman–Crippen LogP) is 4.65. The molecular weight excluding hydrogens is 438 g/mol. The van der Waals surface area contributed by atoms with E-state index in [0.29, 0.717) is 15.7 Å². The van der Waals surface area contributed by atoms with Crippen molar-refractivity contribution in [3.8, 4) is 28.6 Å². The van der Waals surface area contributed by atoms with Crippen LogP contribution in [0.5, 0.6) is 0 Å². The minimum absolute atomic E-state index is 0.289. The monoisotopic (exact) mass is 463 g/mol. The van der Waals surface area contributed by atoms with Crippen LogP contribution in [0.2, 0.25) is 0 Å². The molecule has 6 nitrogen and oxygen atoms in total. The topological polar surface area (TPSA) is 90.4 Å². The van der Waals surface area contributed by atoms with Gasteiger partial charge in [-0.15, -0.1) is 0 Å². The summed E-state index contributed by atoms with van der Waals surface area (Å²) in [5.41, 5.74) is 6.40. The van der Waals surface area contributed by atoms with E-state index in [2.05, 4.69) is 17.2 Å². The number of hydrogen-bond donors (Lipinski definition) is 0. The number of nitriles is 1. The molecule has 1 fully saturated rings. The third kappa shape index (κ3) is 4.17. The SMILES string of the molecule is Cn1nccc1-c1cc(-c2cnc3c(c2)CCCC3)nc(SC[S+]([O-])C2CCC2)c1C#N. The molecule has 0 aromatic carbocycles. The van der Waals surface area contributed by atoms with Gasteiger partial charge in [0.05, 0.1) is 17.0 Å². The van der Waals surface area contributed by atoms with Gasteiger partial charge in [0, 0.05) is 36.3 Å². The highest BCUT2D eigenvalue weighted by Crippen LogP contribution is 2.36. The maximum atomic E-state index is 12.6. The van der Waals surface area contributed by atoms with E-state index < -0.39 is 11.2 Å².